The van der Waals surface area contributed by atoms with Crippen LogP contribution in [0.2, 0.25) is 0 Å². The van der Waals surface area contributed by atoms with Gasteiger partial charge in [-0.3, -0.25) is 91.1 Å². The first-order valence-corrected chi connectivity index (χ1v) is 49.5. The van der Waals surface area contributed by atoms with Gasteiger partial charge in [0, 0.05) is 118 Å². The van der Waals surface area contributed by atoms with E-state index in [9.17, 15) is 63.9 Å². The van der Waals surface area contributed by atoms with Gasteiger partial charge < -0.3 is 135 Å². The molecule has 6 aromatic rings. The Labute approximate surface area is 828 Å². The number of phenols is 1. The molecule has 3 aromatic carbocycles. The van der Waals surface area contributed by atoms with E-state index in [1.807, 2.05) is 0 Å². The molecule has 47 heteroatoms. The lowest BCUT2D eigenvalue weighted by Gasteiger charge is -2.38. The third-order valence-corrected chi connectivity index (χ3v) is 27.0. The number of fused-ring (bicyclic) bond motifs is 5. The van der Waals surface area contributed by atoms with Crippen molar-refractivity contribution < 1.29 is 117 Å². The fourth-order valence-corrected chi connectivity index (χ4v) is 19.3. The number of primary amides is 1. The minimum absolute atomic E-state index is 0.0598. The fourth-order valence-electron chi connectivity index (χ4n) is 18.5. The lowest BCUT2D eigenvalue weighted by atomic mass is 9.97. The number of aromatic hydroxyl groups is 1. The molecule has 4 aliphatic heterocycles. The van der Waals surface area contributed by atoms with Crippen LogP contribution in [0.3, 0.4) is 0 Å². The number of thioether (sulfide) groups is 1. The van der Waals surface area contributed by atoms with Crippen LogP contribution in [0.4, 0.5) is 0 Å². The summed E-state index contributed by atoms with van der Waals surface area (Å²) >= 11 is 0.682. The highest BCUT2D eigenvalue weighted by molar-refractivity contribution is 8.00. The van der Waals surface area contributed by atoms with Crippen LogP contribution in [0.5, 0.6) is 5.75 Å². The Morgan fingerprint density at radius 1 is 0.497 bits per heavy atom. The molecule has 4 aliphatic rings. The van der Waals surface area contributed by atoms with E-state index in [-0.39, 0.29) is 134 Å². The van der Waals surface area contributed by atoms with Crippen LogP contribution < -0.4 is 70.4 Å². The summed E-state index contributed by atoms with van der Waals surface area (Å²) in [7, 11) is 2.54. The molecule has 0 spiro atoms. The van der Waals surface area contributed by atoms with Crippen LogP contribution >= 0.6 is 11.8 Å². The number of hydrogen-bond acceptors (Lipinski definition) is 25. The van der Waals surface area contributed by atoms with Gasteiger partial charge in [-0.25, -0.2) is 4.98 Å². The van der Waals surface area contributed by atoms with E-state index < -0.39 is 260 Å². The van der Waals surface area contributed by atoms with E-state index in [4.69, 9.17) is 17.2 Å². The number of likely N-dealkylation sites (N-methyl/N-ethyl adjacent to an activating group) is 2. The first-order chi connectivity index (χ1) is 68.4. The number of nitrogens with one attached hydrogen (secondary N) is 12. The summed E-state index contributed by atoms with van der Waals surface area (Å²) in [6.45, 7) is 1.65. The van der Waals surface area contributed by atoms with Crippen molar-refractivity contribution in [1.82, 2.24) is 97.2 Å². The molecule has 4 saturated heterocycles. The van der Waals surface area contributed by atoms with Crippen molar-refractivity contribution in [3.05, 3.63) is 120 Å². The summed E-state index contributed by atoms with van der Waals surface area (Å²) in [6.07, 6.45) is 2.70. The Morgan fingerprint density at radius 3 is 1.66 bits per heavy atom. The number of carbonyl (C=O) groups is 19. The fraction of sp³-hybridized carbons (Fsp3) is 0.542. The van der Waals surface area contributed by atoms with Crippen molar-refractivity contribution in [2.75, 3.05) is 64.9 Å². The van der Waals surface area contributed by atoms with Crippen LogP contribution in [0.1, 0.15) is 165 Å². The van der Waals surface area contributed by atoms with Gasteiger partial charge in [-0.2, -0.15) is 0 Å². The highest BCUT2D eigenvalue weighted by atomic mass is 32.2. The van der Waals surface area contributed by atoms with Crippen molar-refractivity contribution in [2.45, 2.75) is 265 Å². The zero-order valence-corrected chi connectivity index (χ0v) is 81.3. The largest absolute Gasteiger partial charge is 0.508 e. The number of nitrogens with two attached hydrogens (primary N) is 3. The van der Waals surface area contributed by atoms with Gasteiger partial charge >= 0.3 is 17.9 Å². The number of aliphatic carboxylic acids is 3. The third kappa shape index (κ3) is 31.0. The maximum atomic E-state index is 16.1. The number of carboxylic acids is 3. The van der Waals surface area contributed by atoms with Crippen LogP contribution in [-0.2, 0) is 123 Å². The first-order valence-electron chi connectivity index (χ1n) is 48.3. The minimum Gasteiger partial charge on any atom is -0.508 e. The van der Waals surface area contributed by atoms with Gasteiger partial charge in [-0.05, 0) is 138 Å². The number of phenolic OH excluding ortho intramolecular Hbond substituents is 1. The Bertz CT molecular complexity index is 5520. The molecule has 3 aromatic heterocycles. The molecule has 0 radical (unpaired) electrons. The van der Waals surface area contributed by atoms with Crippen molar-refractivity contribution in [3.8, 4) is 5.75 Å². The lowest BCUT2D eigenvalue weighted by Crippen LogP contribution is -2.61. The average molecular weight is 2010 g/mol. The van der Waals surface area contributed by atoms with Crippen LogP contribution in [0.15, 0.2) is 97.7 Å². The number of aromatic amines is 2. The molecule has 23 N–H and O–H groups in total. The number of hydrogen-bond donors (Lipinski definition) is 20. The number of imidazole rings is 1. The Balaban J connectivity index is 1.05. The third-order valence-electron chi connectivity index (χ3n) is 26.0. The first kappa shape index (κ1) is 111. The van der Waals surface area contributed by atoms with E-state index in [0.29, 0.717) is 82.4 Å². The van der Waals surface area contributed by atoms with E-state index >= 15 is 52.7 Å². The number of carboxylic acid groups (broad SMARTS) is 3. The summed E-state index contributed by atoms with van der Waals surface area (Å²) in [6, 6.07) is -3.74. The second-order valence-corrected chi connectivity index (χ2v) is 37.6. The highest BCUT2D eigenvalue weighted by Crippen LogP contribution is 2.30. The van der Waals surface area contributed by atoms with Crippen molar-refractivity contribution in [2.24, 2.45) is 17.2 Å². The molecule has 7 heterocycles. The van der Waals surface area contributed by atoms with E-state index in [1.54, 1.807) is 68.6 Å². The van der Waals surface area contributed by atoms with Crippen LogP contribution in [0, 0.1) is 0 Å². The van der Waals surface area contributed by atoms with Gasteiger partial charge in [0.15, 0.2) is 0 Å². The molecule has 0 aliphatic carbocycles. The molecule has 0 bridgehead atoms. The average Bonchev–Trinajstić information content (AvgIpc) is 1.63. The Kier molecular flexibility index (Phi) is 41.6. The number of amides is 16. The minimum atomic E-state index is -2.05. The zero-order valence-electron chi connectivity index (χ0n) is 80.5. The van der Waals surface area contributed by atoms with Crippen LogP contribution in [-0.4, -0.2) is 338 Å². The number of H-pyrrole nitrogens is 2. The molecule has 15 atom stereocenters. The molecule has 0 saturated carbocycles. The van der Waals surface area contributed by atoms with Gasteiger partial charge in [0.05, 0.1) is 37.6 Å². The normalized spacial score (nSPS) is 24.5. The molecule has 4 fully saturated rings. The maximum Gasteiger partial charge on any atom is 0.323 e. The maximum absolute atomic E-state index is 16.1. The summed E-state index contributed by atoms with van der Waals surface area (Å²) < 4.78 is 1.42. The summed E-state index contributed by atoms with van der Waals surface area (Å²) in [5.41, 5.74) is 20.0. The van der Waals surface area contributed by atoms with Crippen molar-refractivity contribution in [1.29, 1.82) is 0 Å². The summed E-state index contributed by atoms with van der Waals surface area (Å²) in [5.74, 6) is -21.7. The standard InChI is InChI=1S/C96H132N22O24S/c1-5-7-25-73-88(134)109-67(43-80(123)124)87(133)112-71(83(129)102-47-78(99)121)51-143-52-79(122)104-68(38-54-30-32-58(119)33-31-54)94(140)116-36-18-15-28-74(116)90(136)111-70(44-81(125)126)95(141)117-37-19-29-75(117)89(135)108-66(41-57-46-100-53-103-57)86(132)106-64(24-14-17-35-98)93(139)118-49-59(120)42-77(118)91(137)107-65(39-55-45-101-62-22-11-9-20-60(55)62)85(131)105-63(23-13-16-34-97)84(130)110-69(92(138)114(4)76(26-8-6-2)96(142)113(73)3)40-56-48-115(50-82(127)128)72-27-12-10-21-61(56)72/h9-12,20-22,27,30-33,45-46,48,53,59,63-71,73-77,101,119-120H,5-8,13-19,23-26,28-29,34-44,47,49-52,97-98H2,1-4H3,(H2,99,121)(H,100,103)(H,102,129)(H,104,122)(H,105,131)(H,106,132)(H,107,137)(H,108,135)(H,109,134)(H,110,130)(H,111,136)(H,112,133)(H,123,124)(H,125,126)(H,127,128)/t59-,63-,64+,65+,66+,67+,68+,69+,70+,71+,73+,74+,75+,76+,77+/m1/s1. The van der Waals surface area contributed by atoms with Gasteiger partial charge in [-0.1, -0.05) is 88.1 Å². The smallest absolute Gasteiger partial charge is 0.323 e. The van der Waals surface area contributed by atoms with Crippen molar-refractivity contribution >= 4 is 146 Å². The Hall–Kier alpha value is -14.1. The van der Waals surface area contributed by atoms with Gasteiger partial charge in [0.1, 0.15) is 96.9 Å². The molecular weight excluding hydrogens is 1880 g/mol. The van der Waals surface area contributed by atoms with Gasteiger partial charge in [0.2, 0.25) is 94.5 Å². The number of aromatic nitrogens is 4. The molecule has 0 unspecified atom stereocenters. The van der Waals surface area contributed by atoms with Crippen molar-refractivity contribution in [3.63, 3.8) is 0 Å². The highest BCUT2D eigenvalue weighted by Gasteiger charge is 2.48. The molecular formula is C96H132N22O24S. The molecule has 10 rings (SSSR count). The number of aliphatic hydroxyl groups excluding tert-OH is 1. The predicted octanol–water partition coefficient (Wildman–Crippen LogP) is -1.81. The quantitative estimate of drug-likeness (QED) is 0.0213. The number of aliphatic hydroxyl groups is 1. The topological polar surface area (TPSA) is 689 Å². The monoisotopic (exact) mass is 2010 g/mol. The second kappa shape index (κ2) is 53.7. The Morgan fingerprint density at radius 2 is 1.03 bits per heavy atom. The molecule has 46 nitrogen and oxygen atoms in total. The van der Waals surface area contributed by atoms with Gasteiger partial charge in [0.25, 0.3) is 0 Å². The molecule has 776 valence electrons. The lowest BCUT2D eigenvalue weighted by molar-refractivity contribution is -0.149. The SMILES string of the molecule is CCCC[C@H]1C(=O)N(C)[C@@H](CCCC)C(=O)N[C@@H](CC(=O)O)C(=O)N[C@H](C(=O)NCC(N)=O)CSCC(=O)N[C@@H](Cc2ccc(O)cc2)C(=O)N2CCCC[C@H]2C(=O)N[C@@H](CC(=O)O)C(=O)N2CCC[C@H]2C(=O)N[C@@H](Cc2cnc[nH]2)C(=O)N[C@@H](CCCCN)C(=O)N2C[C@H](O)C[C@H]2C(=O)N[C@@H](Cc2c[nH]c3ccccc23)C(=O)N[C@H](CCCCN)C(=O)N[C@@H](Cc2cn(CC(=O)O)c3ccccc23)C(=O)N1C. The molecule has 143 heavy (non-hydrogen) atoms. The number of rotatable bonds is 31. The van der Waals surface area contributed by atoms with Gasteiger partial charge in [-0.15, -0.1) is 11.8 Å². The van der Waals surface area contributed by atoms with E-state index in [1.165, 1.54) is 61.6 Å². The van der Waals surface area contributed by atoms with E-state index in [2.05, 4.69) is 68.1 Å². The molecule has 16 amide bonds. The zero-order chi connectivity index (χ0) is 104. The summed E-state index contributed by atoms with van der Waals surface area (Å²) in [5, 5.41) is 80.2. The second-order valence-electron chi connectivity index (χ2n) is 36.5. The number of carbonyl (C=O) groups excluding carboxylic acids is 16. The number of nitrogens with zero attached hydrogens (tertiary/aromatic N) is 7. The number of unbranched alkanes of at least 4 members (excludes halogenated alkanes) is 4. The summed E-state index contributed by atoms with van der Waals surface area (Å²) in [4.78, 5) is 294. The number of para-hydroxylation sites is 2. The van der Waals surface area contributed by atoms with E-state index in [0.717, 1.165) is 24.5 Å². The number of piperidine rings is 1. The van der Waals surface area contributed by atoms with Crippen LogP contribution in [0.25, 0.3) is 21.8 Å². The number of benzene rings is 3. The predicted molar refractivity (Wildman–Crippen MR) is 519 cm³/mol.